The predicted octanol–water partition coefficient (Wildman–Crippen LogP) is 2.49. The van der Waals surface area contributed by atoms with E-state index in [2.05, 4.69) is 42.1 Å². The molecule has 13 heavy (non-hydrogen) atoms. The van der Waals surface area contributed by atoms with E-state index in [0.717, 1.165) is 18.1 Å². The summed E-state index contributed by atoms with van der Waals surface area (Å²) in [6.45, 7) is 5.20. The summed E-state index contributed by atoms with van der Waals surface area (Å²) in [7, 11) is 0. The van der Waals surface area contributed by atoms with Gasteiger partial charge in [0.15, 0.2) is 0 Å². The van der Waals surface area contributed by atoms with Crippen LogP contribution in [0.15, 0.2) is 24.5 Å². The summed E-state index contributed by atoms with van der Waals surface area (Å²) in [4.78, 5) is 4.30. The highest BCUT2D eigenvalue weighted by Crippen LogP contribution is 2.11. The highest BCUT2D eigenvalue weighted by molar-refractivity contribution is 7.80. The summed E-state index contributed by atoms with van der Waals surface area (Å²) >= 11 is 4.11. The molecule has 0 aliphatic heterocycles. The molecule has 1 rings (SSSR count). The molecule has 0 spiro atoms. The average Bonchev–Trinajstić information content (AvgIpc) is 2.53. The highest BCUT2D eigenvalue weighted by Gasteiger charge is 2.04. The molecule has 0 bridgehead atoms. The molecule has 0 radical (unpaired) electrons. The van der Waals surface area contributed by atoms with E-state index in [-0.39, 0.29) is 0 Å². The van der Waals surface area contributed by atoms with E-state index in [1.807, 2.05) is 18.5 Å². The molecule has 0 amide bonds. The number of nitrogens with zero attached hydrogens (tertiary/aromatic N) is 2. The smallest absolute Gasteiger partial charge is 0.111 e. The van der Waals surface area contributed by atoms with Crippen molar-refractivity contribution < 1.29 is 0 Å². The first-order valence-corrected chi connectivity index (χ1v) is 5.16. The topological polar surface area (TPSA) is 17.8 Å². The summed E-state index contributed by atoms with van der Waals surface area (Å²) in [5.41, 5.74) is 0. The Morgan fingerprint density at radius 3 is 2.92 bits per heavy atom. The van der Waals surface area contributed by atoms with Crippen LogP contribution in [-0.2, 0) is 6.54 Å². The van der Waals surface area contributed by atoms with Crippen LogP contribution in [0.3, 0.4) is 0 Å². The number of hydrogen-bond acceptors (Lipinski definition) is 2. The van der Waals surface area contributed by atoms with Crippen LogP contribution in [0.4, 0.5) is 0 Å². The summed E-state index contributed by atoms with van der Waals surface area (Å²) < 4.78 is 2.16. The fourth-order valence-electron chi connectivity index (χ4n) is 1.24. The largest absolute Gasteiger partial charge is 0.331 e. The average molecular weight is 196 g/mol. The Bertz CT molecular complexity index is 276. The van der Waals surface area contributed by atoms with Crippen LogP contribution in [0.25, 0.3) is 0 Å². The number of aromatic nitrogens is 2. The predicted molar refractivity (Wildman–Crippen MR) is 59.3 cm³/mol. The quantitative estimate of drug-likeness (QED) is 0.578. The van der Waals surface area contributed by atoms with Gasteiger partial charge in [-0.3, -0.25) is 0 Å². The van der Waals surface area contributed by atoms with Gasteiger partial charge < -0.3 is 4.57 Å². The highest BCUT2D eigenvalue weighted by atomic mass is 32.1. The van der Waals surface area contributed by atoms with E-state index in [1.54, 1.807) is 0 Å². The van der Waals surface area contributed by atoms with Crippen molar-refractivity contribution in [2.24, 2.45) is 0 Å². The van der Waals surface area contributed by atoms with Crippen LogP contribution in [0.2, 0.25) is 0 Å². The van der Waals surface area contributed by atoms with Crippen molar-refractivity contribution in [3.05, 3.63) is 30.4 Å². The van der Waals surface area contributed by atoms with Crippen LogP contribution >= 0.6 is 12.6 Å². The summed E-state index contributed by atoms with van der Waals surface area (Å²) in [5, 5.41) is 0. The first-order valence-electron chi connectivity index (χ1n) is 4.52. The monoisotopic (exact) mass is 196 g/mol. The zero-order valence-electron chi connectivity index (χ0n) is 8.14. The van der Waals surface area contributed by atoms with Gasteiger partial charge in [-0.25, -0.2) is 4.98 Å². The molecule has 0 saturated carbocycles. The Morgan fingerprint density at radius 1 is 1.54 bits per heavy atom. The SMILES string of the molecule is CC(C)c1nccn1CC=CCS. The molecule has 1 heterocycles. The number of imidazole rings is 1. The fourth-order valence-corrected chi connectivity index (χ4v) is 1.39. The van der Waals surface area contributed by atoms with Gasteiger partial charge in [0.2, 0.25) is 0 Å². The molecule has 0 unspecified atom stereocenters. The standard InChI is InChI=1S/C10H16N2S/c1-9(2)10-11-5-7-12(10)6-3-4-8-13/h3-5,7,9,13H,6,8H2,1-2H3. The van der Waals surface area contributed by atoms with Gasteiger partial charge >= 0.3 is 0 Å². The van der Waals surface area contributed by atoms with Crippen molar-refractivity contribution in [2.45, 2.75) is 26.3 Å². The van der Waals surface area contributed by atoms with Crippen LogP contribution in [-0.4, -0.2) is 15.3 Å². The molecule has 0 N–H and O–H groups in total. The molecule has 0 fully saturated rings. The molecule has 1 aromatic heterocycles. The number of rotatable bonds is 4. The molecule has 0 aromatic carbocycles. The summed E-state index contributed by atoms with van der Waals surface area (Å²) in [5.74, 6) is 2.43. The molecule has 0 aliphatic carbocycles. The maximum absolute atomic E-state index is 4.30. The van der Waals surface area contributed by atoms with Crippen molar-refractivity contribution in [1.82, 2.24) is 9.55 Å². The molecule has 72 valence electrons. The molecule has 1 aromatic rings. The van der Waals surface area contributed by atoms with Gasteiger partial charge in [0.05, 0.1) is 0 Å². The van der Waals surface area contributed by atoms with E-state index in [4.69, 9.17) is 0 Å². The maximum atomic E-state index is 4.30. The lowest BCUT2D eigenvalue weighted by Gasteiger charge is -2.07. The van der Waals surface area contributed by atoms with Gasteiger partial charge in [-0.05, 0) is 0 Å². The number of hydrogen-bond donors (Lipinski definition) is 1. The minimum absolute atomic E-state index is 0.486. The second kappa shape index (κ2) is 5.12. The van der Waals surface area contributed by atoms with Crippen molar-refractivity contribution >= 4 is 12.6 Å². The maximum Gasteiger partial charge on any atom is 0.111 e. The lowest BCUT2D eigenvalue weighted by molar-refractivity contribution is 0.678. The molecule has 2 nitrogen and oxygen atoms in total. The van der Waals surface area contributed by atoms with E-state index < -0.39 is 0 Å². The molecular weight excluding hydrogens is 180 g/mol. The van der Waals surface area contributed by atoms with Gasteiger partial charge in [0, 0.05) is 30.6 Å². The summed E-state index contributed by atoms with van der Waals surface area (Å²) in [6, 6.07) is 0. The Morgan fingerprint density at radius 2 is 2.31 bits per heavy atom. The van der Waals surface area contributed by atoms with Gasteiger partial charge in [-0.15, -0.1) is 0 Å². The molecule has 0 aliphatic rings. The van der Waals surface area contributed by atoms with Gasteiger partial charge in [0.1, 0.15) is 5.82 Å². The fraction of sp³-hybridized carbons (Fsp3) is 0.500. The van der Waals surface area contributed by atoms with Crippen LogP contribution in [0.1, 0.15) is 25.6 Å². The van der Waals surface area contributed by atoms with Crippen molar-refractivity contribution in [3.8, 4) is 0 Å². The zero-order chi connectivity index (χ0) is 9.68. The number of thiol groups is 1. The third-order valence-electron chi connectivity index (χ3n) is 1.84. The molecule has 3 heteroatoms. The lowest BCUT2D eigenvalue weighted by atomic mass is 10.2. The third-order valence-corrected chi connectivity index (χ3v) is 2.05. The van der Waals surface area contributed by atoms with Crippen LogP contribution in [0, 0.1) is 0 Å². The van der Waals surface area contributed by atoms with Crippen molar-refractivity contribution in [1.29, 1.82) is 0 Å². The van der Waals surface area contributed by atoms with Gasteiger partial charge in [-0.2, -0.15) is 12.6 Å². The Labute approximate surface area is 85.1 Å². The zero-order valence-corrected chi connectivity index (χ0v) is 9.04. The van der Waals surface area contributed by atoms with E-state index >= 15 is 0 Å². The molecular formula is C10H16N2S. The van der Waals surface area contributed by atoms with Crippen LogP contribution in [0.5, 0.6) is 0 Å². The van der Waals surface area contributed by atoms with Crippen LogP contribution < -0.4 is 0 Å². The molecule has 0 saturated heterocycles. The van der Waals surface area contributed by atoms with E-state index in [1.165, 1.54) is 0 Å². The first-order chi connectivity index (χ1) is 6.25. The second-order valence-corrected chi connectivity index (χ2v) is 3.61. The van der Waals surface area contributed by atoms with Gasteiger partial charge in [-0.1, -0.05) is 26.0 Å². The normalized spacial score (nSPS) is 11.7. The van der Waals surface area contributed by atoms with E-state index in [0.29, 0.717) is 5.92 Å². The Balaban J connectivity index is 2.65. The Hall–Kier alpha value is -0.700. The van der Waals surface area contributed by atoms with Crippen molar-refractivity contribution in [3.63, 3.8) is 0 Å². The first kappa shape index (κ1) is 10.4. The van der Waals surface area contributed by atoms with Gasteiger partial charge in [0.25, 0.3) is 0 Å². The Kier molecular flexibility index (Phi) is 4.09. The van der Waals surface area contributed by atoms with E-state index in [9.17, 15) is 0 Å². The van der Waals surface area contributed by atoms with Crippen molar-refractivity contribution in [2.75, 3.05) is 5.75 Å². The third kappa shape index (κ3) is 2.92. The number of allylic oxidation sites excluding steroid dienone is 1. The molecule has 0 atom stereocenters. The minimum atomic E-state index is 0.486. The minimum Gasteiger partial charge on any atom is -0.331 e. The second-order valence-electron chi connectivity index (χ2n) is 3.25. The summed E-state index contributed by atoms with van der Waals surface area (Å²) in [6.07, 6.45) is 8.02. The lowest BCUT2D eigenvalue weighted by Crippen LogP contribution is -2.03.